The van der Waals surface area contributed by atoms with Gasteiger partial charge in [-0.15, -0.1) is 5.10 Å². The Kier molecular flexibility index (Phi) is 12.3. The Morgan fingerprint density at radius 3 is 2.22 bits per heavy atom. The van der Waals surface area contributed by atoms with E-state index in [1.807, 2.05) is 30.5 Å². The maximum absolute atomic E-state index is 12.6. The van der Waals surface area contributed by atoms with Crippen molar-refractivity contribution < 1.29 is 37.6 Å². The number of carbonyl (C=O) groups is 1. The number of methoxy groups -OCH3 is 4. The normalized spacial score (nSPS) is 11.3. The highest BCUT2D eigenvalue weighted by molar-refractivity contribution is 6.04. The molecule has 260 valence electrons. The second-order valence-electron chi connectivity index (χ2n) is 11.0. The molecule has 0 atom stereocenters. The van der Waals surface area contributed by atoms with Crippen molar-refractivity contribution >= 4 is 28.9 Å². The molecule has 12 nitrogen and oxygen atoms in total. The maximum Gasteiger partial charge on any atom is 0.339 e. The molecule has 0 fully saturated rings. The fraction of sp³-hybridized carbons (Fsp3) is 0.263. The minimum absolute atomic E-state index is 0.203. The van der Waals surface area contributed by atoms with E-state index in [2.05, 4.69) is 10.3 Å². The van der Waals surface area contributed by atoms with Gasteiger partial charge >= 0.3 is 5.63 Å². The number of fused-ring (bicyclic) bond motifs is 1. The average Bonchev–Trinajstić information content (AvgIpc) is 3.60. The Labute approximate surface area is 289 Å². The molecule has 0 aliphatic rings. The molecule has 0 unspecified atom stereocenters. The zero-order valence-corrected chi connectivity index (χ0v) is 28.4. The maximum atomic E-state index is 12.6. The number of unbranched alkanes of at least 4 members (excludes halogenated alkanes) is 2. The van der Waals surface area contributed by atoms with Crippen LogP contribution in [0.15, 0.2) is 88.2 Å². The summed E-state index contributed by atoms with van der Waals surface area (Å²) < 4.78 is 40.5. The number of para-hydroxylation sites is 1. The van der Waals surface area contributed by atoms with Crippen LogP contribution < -0.4 is 34.0 Å². The van der Waals surface area contributed by atoms with E-state index in [9.17, 15) is 9.59 Å². The Hall–Kier alpha value is -6.04. The van der Waals surface area contributed by atoms with Crippen molar-refractivity contribution in [3.05, 3.63) is 106 Å². The first-order chi connectivity index (χ1) is 24.4. The third kappa shape index (κ3) is 9.31. The van der Waals surface area contributed by atoms with Gasteiger partial charge in [0, 0.05) is 6.54 Å². The van der Waals surface area contributed by atoms with Gasteiger partial charge < -0.3 is 32.8 Å². The van der Waals surface area contributed by atoms with Gasteiger partial charge in [-0.25, -0.2) is 4.79 Å². The van der Waals surface area contributed by atoms with E-state index < -0.39 is 5.63 Å². The first kappa shape index (κ1) is 35.3. The van der Waals surface area contributed by atoms with Gasteiger partial charge in [0.1, 0.15) is 23.6 Å². The summed E-state index contributed by atoms with van der Waals surface area (Å²) in [4.78, 5) is 24.4. The summed E-state index contributed by atoms with van der Waals surface area (Å²) in [6.45, 7) is 1.40. The highest BCUT2D eigenvalue weighted by Crippen LogP contribution is 2.38. The number of hydrogen-bond donors (Lipinski definition) is 0. The molecule has 0 aliphatic heterocycles. The van der Waals surface area contributed by atoms with E-state index in [4.69, 9.17) is 32.8 Å². The molecule has 5 rings (SSSR count). The van der Waals surface area contributed by atoms with Gasteiger partial charge in [-0.1, -0.05) is 35.6 Å². The van der Waals surface area contributed by atoms with Crippen LogP contribution >= 0.6 is 0 Å². The minimum Gasteiger partial charge on any atom is -0.493 e. The van der Waals surface area contributed by atoms with E-state index in [0.717, 1.165) is 35.8 Å². The molecule has 0 bridgehead atoms. The average molecular weight is 682 g/mol. The molecule has 12 heteroatoms. The number of allylic oxidation sites excluding steroid dienone is 2. The molecule has 0 saturated carbocycles. The van der Waals surface area contributed by atoms with Crippen molar-refractivity contribution in [3.63, 3.8) is 0 Å². The predicted octanol–water partition coefficient (Wildman–Crippen LogP) is 6.54. The second kappa shape index (κ2) is 17.4. The lowest BCUT2D eigenvalue weighted by atomic mass is 10.1. The van der Waals surface area contributed by atoms with Crippen molar-refractivity contribution in [2.24, 2.45) is 0 Å². The van der Waals surface area contributed by atoms with Crippen LogP contribution in [0.1, 0.15) is 36.1 Å². The number of ether oxygens (including phenoxy) is 6. The number of aromatic nitrogens is 3. The summed E-state index contributed by atoms with van der Waals surface area (Å²) in [6.07, 6.45) is 10.8. The Bertz CT molecular complexity index is 2000. The van der Waals surface area contributed by atoms with Gasteiger partial charge in [-0.05, 0) is 78.9 Å². The van der Waals surface area contributed by atoms with Gasteiger partial charge in [0.2, 0.25) is 5.75 Å². The lowest BCUT2D eigenvalue weighted by molar-refractivity contribution is -0.110. The molecule has 0 amide bonds. The number of ketones is 1. The Morgan fingerprint density at radius 2 is 1.48 bits per heavy atom. The number of rotatable bonds is 18. The number of nitrogens with zero attached hydrogens (tertiary/aromatic N) is 3. The summed E-state index contributed by atoms with van der Waals surface area (Å²) in [5.41, 5.74) is 2.25. The zero-order valence-electron chi connectivity index (χ0n) is 28.4. The van der Waals surface area contributed by atoms with Crippen molar-refractivity contribution in [1.82, 2.24) is 15.0 Å². The summed E-state index contributed by atoms with van der Waals surface area (Å²) in [5, 5.41) is 9.21. The standard InChI is InChI=1S/C38H39N3O9/c1-44-34-20-26(12-15-29(42)16-13-27-21-35(45-2)38(47-4)36(22-27)46-3)14-17-32(34)49-25-28-24-41(40-39-28)18-8-5-9-19-48-33-23-37(43)50-31-11-7-6-10-30(31)33/h6-7,10-17,20-24H,5,8-9,18-19,25H2,1-4H3/b15-12+,16-13+. The van der Waals surface area contributed by atoms with Gasteiger partial charge in [-0.2, -0.15) is 0 Å². The Balaban J connectivity index is 1.07. The van der Waals surface area contributed by atoms with Crippen molar-refractivity contribution in [2.45, 2.75) is 32.4 Å². The predicted molar refractivity (Wildman–Crippen MR) is 188 cm³/mol. The first-order valence-corrected chi connectivity index (χ1v) is 16.0. The molecular weight excluding hydrogens is 642 g/mol. The van der Waals surface area contributed by atoms with Crippen molar-refractivity contribution in [2.75, 3.05) is 35.0 Å². The van der Waals surface area contributed by atoms with Crippen LogP contribution in [0, 0.1) is 0 Å². The zero-order chi connectivity index (χ0) is 35.3. The van der Waals surface area contributed by atoms with Crippen LogP contribution in [0.5, 0.6) is 34.5 Å². The molecular formula is C38H39N3O9. The number of hydrogen-bond acceptors (Lipinski definition) is 11. The molecule has 0 saturated heterocycles. The molecule has 0 aliphatic carbocycles. The summed E-state index contributed by atoms with van der Waals surface area (Å²) >= 11 is 0. The van der Waals surface area contributed by atoms with Crippen LogP contribution in [-0.2, 0) is 17.9 Å². The van der Waals surface area contributed by atoms with E-state index in [0.29, 0.717) is 58.9 Å². The van der Waals surface area contributed by atoms with Gasteiger partial charge in [0.05, 0.1) is 52.7 Å². The summed E-state index contributed by atoms with van der Waals surface area (Å²) in [7, 11) is 6.17. The summed E-state index contributed by atoms with van der Waals surface area (Å²) in [5.74, 6) is 2.87. The Morgan fingerprint density at radius 1 is 0.760 bits per heavy atom. The molecule has 5 aromatic rings. The molecule has 2 aromatic heterocycles. The fourth-order valence-electron chi connectivity index (χ4n) is 5.12. The topological polar surface area (TPSA) is 133 Å². The molecule has 50 heavy (non-hydrogen) atoms. The number of carbonyl (C=O) groups excluding carboxylic acids is 1. The minimum atomic E-state index is -0.430. The third-order valence-electron chi connectivity index (χ3n) is 7.62. The third-order valence-corrected chi connectivity index (χ3v) is 7.62. The van der Waals surface area contributed by atoms with Crippen molar-refractivity contribution in [1.29, 1.82) is 0 Å². The first-order valence-electron chi connectivity index (χ1n) is 16.0. The number of benzene rings is 3. The highest BCUT2D eigenvalue weighted by Gasteiger charge is 2.13. The molecule has 2 heterocycles. The fourth-order valence-corrected chi connectivity index (χ4v) is 5.12. The second-order valence-corrected chi connectivity index (χ2v) is 11.0. The van der Waals surface area contributed by atoms with Crippen LogP contribution in [0.4, 0.5) is 0 Å². The SMILES string of the molecule is COc1cc(/C=C/C(=O)/C=C/c2cc(OC)c(OC)c(OC)c2)ccc1OCc1cn(CCCCCOc2cc(=O)oc3ccccc23)nn1. The molecule has 0 radical (unpaired) electrons. The van der Waals surface area contributed by atoms with Crippen LogP contribution in [-0.4, -0.2) is 55.8 Å². The molecule has 0 N–H and O–H groups in total. The quantitative estimate of drug-likeness (QED) is 0.0567. The van der Waals surface area contributed by atoms with Gasteiger partial charge in [-0.3, -0.25) is 9.48 Å². The molecule has 3 aromatic carbocycles. The number of aryl methyl sites for hydroxylation is 1. The summed E-state index contributed by atoms with van der Waals surface area (Å²) in [6, 6.07) is 17.6. The van der Waals surface area contributed by atoms with Gasteiger partial charge in [0.15, 0.2) is 28.8 Å². The van der Waals surface area contributed by atoms with Gasteiger partial charge in [0.25, 0.3) is 0 Å². The highest BCUT2D eigenvalue weighted by atomic mass is 16.5. The van der Waals surface area contributed by atoms with Crippen LogP contribution in [0.3, 0.4) is 0 Å². The lowest BCUT2D eigenvalue weighted by Gasteiger charge is -2.12. The van der Waals surface area contributed by atoms with Crippen LogP contribution in [0.2, 0.25) is 0 Å². The molecule has 0 spiro atoms. The lowest BCUT2D eigenvalue weighted by Crippen LogP contribution is -2.04. The smallest absolute Gasteiger partial charge is 0.339 e. The van der Waals surface area contributed by atoms with E-state index in [-0.39, 0.29) is 12.4 Å². The van der Waals surface area contributed by atoms with Crippen molar-refractivity contribution in [3.8, 4) is 34.5 Å². The largest absolute Gasteiger partial charge is 0.493 e. The van der Waals surface area contributed by atoms with E-state index in [1.165, 1.54) is 39.5 Å². The van der Waals surface area contributed by atoms with E-state index in [1.54, 1.807) is 54.3 Å². The van der Waals surface area contributed by atoms with Crippen LogP contribution in [0.25, 0.3) is 23.1 Å². The monoisotopic (exact) mass is 681 g/mol. The van der Waals surface area contributed by atoms with E-state index >= 15 is 0 Å².